The number of halogens is 3. The van der Waals surface area contributed by atoms with Crippen molar-refractivity contribution in [1.29, 1.82) is 0 Å². The van der Waals surface area contributed by atoms with Crippen molar-refractivity contribution in [2.45, 2.75) is 5.51 Å². The van der Waals surface area contributed by atoms with Gasteiger partial charge < -0.3 is 10.0 Å². The van der Waals surface area contributed by atoms with Crippen LogP contribution >= 0.6 is 0 Å². The molecule has 0 fully saturated rings. The molecule has 0 atom stereocenters. The number of hydrogen-bond acceptors (Lipinski definition) is 5. The van der Waals surface area contributed by atoms with Gasteiger partial charge in [0.15, 0.2) is 0 Å². The summed E-state index contributed by atoms with van der Waals surface area (Å²) < 4.78 is 56.1. The van der Waals surface area contributed by atoms with E-state index in [1.54, 1.807) is 0 Å². The third-order valence-electron chi connectivity index (χ3n) is 0.496. The van der Waals surface area contributed by atoms with Crippen molar-refractivity contribution in [2.24, 2.45) is 0 Å². The molecule has 2 N–H and O–H groups in total. The van der Waals surface area contributed by atoms with Crippen molar-refractivity contribution in [2.75, 3.05) is 0 Å². The molecule has 68 valence electrons. The van der Waals surface area contributed by atoms with Gasteiger partial charge in [-0.2, -0.15) is 21.6 Å². The Kier molecular flexibility index (Phi) is 5.54. The van der Waals surface area contributed by atoms with E-state index in [-0.39, 0.29) is 18.9 Å². The average Bonchev–Trinajstić information content (AvgIpc) is 1.56. The number of hydrogen-bond donors (Lipinski definition) is 2. The van der Waals surface area contributed by atoms with Crippen LogP contribution in [0.15, 0.2) is 0 Å². The Labute approximate surface area is 78.0 Å². The molecule has 0 aromatic heterocycles. The summed E-state index contributed by atoms with van der Waals surface area (Å²) in [6, 6.07) is 0. The summed E-state index contributed by atoms with van der Waals surface area (Å²) in [5.74, 6) is 0. The minimum absolute atomic E-state index is 0. The van der Waals surface area contributed by atoms with E-state index in [9.17, 15) is 21.6 Å². The van der Waals surface area contributed by atoms with Gasteiger partial charge in [-0.3, -0.25) is 4.10 Å². The SMILES string of the molecule is O=S(=O)(OB(O)O)C(F)(F)F.[LiH]. The van der Waals surface area contributed by atoms with Crippen molar-refractivity contribution in [3.8, 4) is 0 Å². The standard InChI is InChI=1S/CH2BF3O5S.Li.H/c3-1(4,5)11(8,9)10-2(6)7;;/h6-7H;;. The van der Waals surface area contributed by atoms with Gasteiger partial charge in [0.05, 0.1) is 0 Å². The molecule has 5 nitrogen and oxygen atoms in total. The first-order valence-corrected chi connectivity index (χ1v) is 3.43. The third kappa shape index (κ3) is 4.34. The molecule has 12 heavy (non-hydrogen) atoms. The van der Waals surface area contributed by atoms with Crippen molar-refractivity contribution in [3.05, 3.63) is 0 Å². The Bertz CT molecular complexity index is 221. The van der Waals surface area contributed by atoms with Gasteiger partial charge in [0.25, 0.3) is 0 Å². The molecular weight excluding hydrogens is 199 g/mol. The third-order valence-corrected chi connectivity index (χ3v) is 1.49. The summed E-state index contributed by atoms with van der Waals surface area (Å²) in [4.78, 5) is 0. The van der Waals surface area contributed by atoms with E-state index in [0.29, 0.717) is 0 Å². The van der Waals surface area contributed by atoms with Crippen LogP contribution in [0.25, 0.3) is 0 Å². The molecule has 0 spiro atoms. The average molecular weight is 202 g/mol. The Hall–Kier alpha value is 0.282. The second kappa shape index (κ2) is 4.50. The first-order valence-electron chi connectivity index (χ1n) is 2.02. The first-order chi connectivity index (χ1) is 4.67. The predicted molar refractivity (Wildman–Crippen MR) is 33.4 cm³/mol. The molecule has 0 rings (SSSR count). The maximum atomic E-state index is 11.3. The van der Waals surface area contributed by atoms with Gasteiger partial charge in [-0.1, -0.05) is 0 Å². The fourth-order valence-electron chi connectivity index (χ4n) is 0.168. The van der Waals surface area contributed by atoms with Gasteiger partial charge >= 0.3 is 41.8 Å². The zero-order valence-corrected chi connectivity index (χ0v) is 5.56. The normalized spacial score (nSPS) is 12.1. The van der Waals surface area contributed by atoms with Crippen LogP contribution in [0.2, 0.25) is 0 Å². The summed E-state index contributed by atoms with van der Waals surface area (Å²) in [6.07, 6.45) is 0. The van der Waals surface area contributed by atoms with Crippen LogP contribution in [0.4, 0.5) is 13.2 Å². The van der Waals surface area contributed by atoms with Crippen LogP contribution in [0.3, 0.4) is 0 Å². The number of alkyl halides is 3. The zero-order chi connectivity index (χ0) is 9.28. The van der Waals surface area contributed by atoms with E-state index in [1.165, 1.54) is 0 Å². The van der Waals surface area contributed by atoms with Gasteiger partial charge in [0.1, 0.15) is 0 Å². The molecular formula is CH3BF3LiO5S. The van der Waals surface area contributed by atoms with Crippen molar-refractivity contribution in [3.63, 3.8) is 0 Å². The summed E-state index contributed by atoms with van der Waals surface area (Å²) in [5.41, 5.74) is -5.64. The second-order valence-corrected chi connectivity index (χ2v) is 2.89. The molecule has 0 aromatic carbocycles. The van der Waals surface area contributed by atoms with Gasteiger partial charge in [0.2, 0.25) is 0 Å². The quantitative estimate of drug-likeness (QED) is 0.406. The van der Waals surface area contributed by atoms with Crippen LogP contribution in [-0.2, 0) is 14.2 Å². The molecule has 0 saturated heterocycles. The summed E-state index contributed by atoms with van der Waals surface area (Å²) in [5, 5.41) is 15.4. The Morgan fingerprint density at radius 1 is 1.25 bits per heavy atom. The van der Waals surface area contributed by atoms with E-state index in [1.807, 2.05) is 0 Å². The van der Waals surface area contributed by atoms with Crippen molar-refractivity contribution < 1.29 is 35.7 Å². The molecule has 0 aliphatic carbocycles. The molecule has 0 radical (unpaired) electrons. The maximum absolute atomic E-state index is 11.3. The van der Waals surface area contributed by atoms with E-state index >= 15 is 0 Å². The van der Waals surface area contributed by atoms with E-state index in [4.69, 9.17) is 10.0 Å². The van der Waals surface area contributed by atoms with E-state index < -0.39 is 22.9 Å². The molecule has 0 amide bonds. The van der Waals surface area contributed by atoms with Crippen LogP contribution < -0.4 is 0 Å². The van der Waals surface area contributed by atoms with Crippen LogP contribution in [-0.4, -0.2) is 50.2 Å². The molecule has 0 bridgehead atoms. The molecule has 0 saturated carbocycles. The van der Waals surface area contributed by atoms with Gasteiger partial charge in [-0.15, -0.1) is 0 Å². The van der Waals surface area contributed by atoms with Crippen LogP contribution in [0.5, 0.6) is 0 Å². The molecule has 11 heteroatoms. The van der Waals surface area contributed by atoms with Crippen molar-refractivity contribution >= 4 is 36.3 Å². The molecule has 0 aliphatic rings. The summed E-state index contributed by atoms with van der Waals surface area (Å²) >= 11 is 0. The van der Waals surface area contributed by atoms with Gasteiger partial charge in [-0.05, 0) is 0 Å². The molecule has 0 aromatic rings. The van der Waals surface area contributed by atoms with Gasteiger partial charge in [0, 0.05) is 0 Å². The Morgan fingerprint density at radius 3 is 1.67 bits per heavy atom. The Balaban J connectivity index is 0. The molecule has 0 unspecified atom stereocenters. The monoisotopic (exact) mass is 202 g/mol. The predicted octanol–water partition coefficient (Wildman–Crippen LogP) is -1.83. The first kappa shape index (κ1) is 14.8. The number of rotatable bonds is 2. The van der Waals surface area contributed by atoms with Gasteiger partial charge in [-0.25, -0.2) is 0 Å². The fourth-order valence-corrected chi connectivity index (χ4v) is 0.504. The molecule has 0 heterocycles. The minimum atomic E-state index is -5.90. The van der Waals surface area contributed by atoms with E-state index in [2.05, 4.69) is 4.10 Å². The Morgan fingerprint density at radius 2 is 1.58 bits per heavy atom. The van der Waals surface area contributed by atoms with Crippen LogP contribution in [0, 0.1) is 0 Å². The van der Waals surface area contributed by atoms with Crippen molar-refractivity contribution in [1.82, 2.24) is 0 Å². The van der Waals surface area contributed by atoms with Crippen LogP contribution in [0.1, 0.15) is 0 Å². The summed E-state index contributed by atoms with van der Waals surface area (Å²) in [7, 11) is -8.90. The fraction of sp³-hybridized carbons (Fsp3) is 1.00. The second-order valence-electron chi connectivity index (χ2n) is 1.32. The zero-order valence-electron chi connectivity index (χ0n) is 4.74. The van der Waals surface area contributed by atoms with E-state index in [0.717, 1.165) is 0 Å². The summed E-state index contributed by atoms with van der Waals surface area (Å²) in [6.45, 7) is 0. The molecule has 0 aliphatic heterocycles. The topological polar surface area (TPSA) is 83.8 Å².